The van der Waals surface area contributed by atoms with Gasteiger partial charge in [0.2, 0.25) is 0 Å². The van der Waals surface area contributed by atoms with Gasteiger partial charge in [0, 0.05) is 42.3 Å². The van der Waals surface area contributed by atoms with Crippen LogP contribution in [0.2, 0.25) is 0 Å². The van der Waals surface area contributed by atoms with Gasteiger partial charge in [0.05, 0.1) is 29.3 Å². The summed E-state index contributed by atoms with van der Waals surface area (Å²) in [7, 11) is 1.52. The summed E-state index contributed by atoms with van der Waals surface area (Å²) in [5.74, 6) is 3.52. The van der Waals surface area contributed by atoms with E-state index in [9.17, 15) is 13.9 Å². The minimum Gasteiger partial charge on any atom is -0.508 e. The quantitative estimate of drug-likeness (QED) is 0.310. The third-order valence-electron chi connectivity index (χ3n) is 9.37. The number of phenolic OH excluding ortho intramolecular Hbond substituents is 1. The molecule has 4 fully saturated rings. The number of nitrogens with zero attached hydrogens (tertiary/aromatic N) is 5. The lowest BCUT2D eigenvalue weighted by atomic mass is 9.91. The zero-order valence-corrected chi connectivity index (χ0v) is 23.6. The number of alkyl halides is 1. The second-order valence-corrected chi connectivity index (χ2v) is 11.8. The molecule has 0 amide bonds. The molecule has 42 heavy (non-hydrogen) atoms. The van der Waals surface area contributed by atoms with Gasteiger partial charge >= 0.3 is 6.01 Å². The van der Waals surface area contributed by atoms with Crippen molar-refractivity contribution in [2.45, 2.75) is 56.8 Å². The van der Waals surface area contributed by atoms with Crippen molar-refractivity contribution in [1.29, 1.82) is 0 Å². The fourth-order valence-electron chi connectivity index (χ4n) is 7.38. The van der Waals surface area contributed by atoms with Crippen LogP contribution in [0.5, 0.6) is 11.8 Å². The van der Waals surface area contributed by atoms with Gasteiger partial charge in [0.25, 0.3) is 0 Å². The molecule has 0 spiro atoms. The number of pyridine rings is 1. The van der Waals surface area contributed by atoms with E-state index in [2.05, 4.69) is 25.7 Å². The smallest absolute Gasteiger partial charge is 0.316 e. The first-order valence-corrected chi connectivity index (χ1v) is 14.7. The van der Waals surface area contributed by atoms with Crippen LogP contribution in [0.1, 0.15) is 44.1 Å². The SMILES string of the molecule is C#Cc1c(F)ccc2cc(O)cc(-c3cc4nc(OC)ncc4c(N4CC5CCCC54)n3)c12.FC1CC2CCCN2C1. The van der Waals surface area contributed by atoms with E-state index >= 15 is 0 Å². The molecular weight excluding hydrogens is 536 g/mol. The minimum atomic E-state index is -0.518. The zero-order valence-electron chi connectivity index (χ0n) is 23.6. The number of terminal acetylenes is 1. The van der Waals surface area contributed by atoms with E-state index < -0.39 is 12.0 Å². The largest absolute Gasteiger partial charge is 0.508 e. The van der Waals surface area contributed by atoms with Crippen LogP contribution in [0.15, 0.2) is 36.5 Å². The van der Waals surface area contributed by atoms with Crippen molar-refractivity contribution in [3.05, 3.63) is 47.9 Å². The van der Waals surface area contributed by atoms with Crippen LogP contribution in [0.3, 0.4) is 0 Å². The lowest BCUT2D eigenvalue weighted by molar-refractivity contribution is 0.292. The summed E-state index contributed by atoms with van der Waals surface area (Å²) >= 11 is 0. The molecule has 1 saturated carbocycles. The average Bonchev–Trinajstić information content (AvgIpc) is 3.67. The zero-order chi connectivity index (χ0) is 29.0. The molecule has 2 aromatic carbocycles. The maximum atomic E-state index is 14.6. The van der Waals surface area contributed by atoms with Gasteiger partial charge in [-0.3, -0.25) is 4.90 Å². The van der Waals surface area contributed by atoms with Crippen LogP contribution in [-0.4, -0.2) is 70.0 Å². The average molecular weight is 570 g/mol. The third kappa shape index (κ3) is 4.58. The Morgan fingerprint density at radius 2 is 1.98 bits per heavy atom. The first kappa shape index (κ1) is 26.8. The summed E-state index contributed by atoms with van der Waals surface area (Å²) < 4.78 is 32.5. The number of aromatic hydroxyl groups is 1. The molecule has 0 bridgehead atoms. The normalized spacial score (nSPS) is 24.6. The van der Waals surface area contributed by atoms with Gasteiger partial charge < -0.3 is 14.7 Å². The number of halogens is 2. The van der Waals surface area contributed by atoms with Crippen LogP contribution in [-0.2, 0) is 0 Å². The predicted molar refractivity (Wildman–Crippen MR) is 159 cm³/mol. The predicted octanol–water partition coefficient (Wildman–Crippen LogP) is 5.86. The van der Waals surface area contributed by atoms with Crippen molar-refractivity contribution in [3.8, 4) is 35.4 Å². The molecule has 4 aromatic rings. The number of benzene rings is 2. The first-order valence-electron chi connectivity index (χ1n) is 14.7. The molecule has 4 atom stereocenters. The van der Waals surface area contributed by atoms with Gasteiger partial charge in [0.15, 0.2) is 0 Å². The Morgan fingerprint density at radius 1 is 1.10 bits per heavy atom. The molecule has 0 radical (unpaired) electrons. The Kier molecular flexibility index (Phi) is 6.82. The van der Waals surface area contributed by atoms with Gasteiger partial charge in [-0.05, 0) is 74.2 Å². The molecule has 4 aliphatic rings. The Labute approximate surface area is 243 Å². The molecule has 216 valence electrons. The van der Waals surface area contributed by atoms with Gasteiger partial charge in [-0.15, -0.1) is 6.42 Å². The van der Waals surface area contributed by atoms with Crippen LogP contribution in [0.4, 0.5) is 14.6 Å². The molecular formula is C33H33F2N5O2. The van der Waals surface area contributed by atoms with Crippen molar-refractivity contribution in [2.24, 2.45) is 5.92 Å². The van der Waals surface area contributed by atoms with Crippen molar-refractivity contribution in [3.63, 3.8) is 0 Å². The third-order valence-corrected chi connectivity index (χ3v) is 9.37. The number of aromatic nitrogens is 3. The summed E-state index contributed by atoms with van der Waals surface area (Å²) in [6.45, 7) is 2.79. The highest BCUT2D eigenvalue weighted by molar-refractivity contribution is 6.03. The summed E-state index contributed by atoms with van der Waals surface area (Å²) in [5, 5.41) is 12.4. The summed E-state index contributed by atoms with van der Waals surface area (Å²) in [4.78, 5) is 18.5. The molecule has 3 aliphatic heterocycles. The fourth-order valence-corrected chi connectivity index (χ4v) is 7.38. The monoisotopic (exact) mass is 569 g/mol. The number of hydrogen-bond donors (Lipinski definition) is 1. The highest BCUT2D eigenvalue weighted by atomic mass is 19.1. The number of methoxy groups -OCH3 is 1. The van der Waals surface area contributed by atoms with E-state index in [4.69, 9.17) is 16.1 Å². The number of ether oxygens (including phenoxy) is 1. The van der Waals surface area contributed by atoms with Crippen molar-refractivity contribution in [1.82, 2.24) is 19.9 Å². The van der Waals surface area contributed by atoms with Crippen LogP contribution >= 0.6 is 0 Å². The van der Waals surface area contributed by atoms with Crippen LogP contribution in [0.25, 0.3) is 32.9 Å². The maximum Gasteiger partial charge on any atom is 0.316 e. The molecule has 9 heteroatoms. The molecule has 1 aliphatic carbocycles. The van der Waals surface area contributed by atoms with E-state index in [0.29, 0.717) is 52.1 Å². The number of fused-ring (bicyclic) bond motifs is 4. The lowest BCUT2D eigenvalue weighted by Crippen LogP contribution is -2.53. The molecule has 7 nitrogen and oxygen atoms in total. The highest BCUT2D eigenvalue weighted by Crippen LogP contribution is 2.44. The van der Waals surface area contributed by atoms with E-state index in [0.717, 1.165) is 37.1 Å². The van der Waals surface area contributed by atoms with Crippen LogP contribution < -0.4 is 9.64 Å². The summed E-state index contributed by atoms with van der Waals surface area (Å²) in [6, 6.07) is 9.22. The summed E-state index contributed by atoms with van der Waals surface area (Å²) in [5.41, 5.74) is 1.92. The molecule has 3 saturated heterocycles. The Hall–Kier alpha value is -4.03. The Bertz CT molecular complexity index is 1710. The number of hydrogen-bond acceptors (Lipinski definition) is 7. The van der Waals surface area contributed by atoms with Crippen molar-refractivity contribution >= 4 is 27.5 Å². The van der Waals surface area contributed by atoms with Gasteiger partial charge in [-0.25, -0.2) is 18.7 Å². The van der Waals surface area contributed by atoms with Gasteiger partial charge in [-0.1, -0.05) is 18.4 Å². The lowest BCUT2D eigenvalue weighted by Gasteiger charge is -2.46. The maximum absolute atomic E-state index is 14.6. The van der Waals surface area contributed by atoms with E-state index in [-0.39, 0.29) is 17.3 Å². The standard InChI is InChI=1S/C26H21FN4O2.C7H12FN/c1-3-17-20(27)8-7-14-9-16(32)10-18(24(14)17)21-11-22-19(12-28-26(30-22)33-2)25(29-21)31-13-15-5-4-6-23(15)31;8-6-4-7-2-1-3-9(7)5-6/h1,7-12,15,23,32H,4-6,13H2,2H3;6-7H,1-5H2. The topological polar surface area (TPSA) is 74.6 Å². The minimum absolute atomic E-state index is 0.0515. The molecule has 2 aromatic heterocycles. The fraction of sp³-hybridized carbons (Fsp3) is 0.424. The van der Waals surface area contributed by atoms with Gasteiger partial charge in [-0.2, -0.15) is 4.98 Å². The second kappa shape index (κ2) is 10.7. The van der Waals surface area contributed by atoms with Crippen LogP contribution in [0, 0.1) is 24.1 Å². The highest BCUT2D eigenvalue weighted by Gasteiger charge is 2.43. The van der Waals surface area contributed by atoms with Crippen molar-refractivity contribution < 1.29 is 18.6 Å². The molecule has 8 rings (SSSR count). The Morgan fingerprint density at radius 3 is 2.76 bits per heavy atom. The van der Waals surface area contributed by atoms with E-state index in [1.54, 1.807) is 24.4 Å². The van der Waals surface area contributed by atoms with E-state index in [1.807, 2.05) is 6.07 Å². The molecule has 5 heterocycles. The number of phenols is 1. The summed E-state index contributed by atoms with van der Waals surface area (Å²) in [6.07, 6.45) is 13.8. The van der Waals surface area contributed by atoms with Gasteiger partial charge in [0.1, 0.15) is 23.6 Å². The number of rotatable bonds is 3. The Balaban J connectivity index is 0.000000272. The van der Waals surface area contributed by atoms with Crippen molar-refractivity contribution in [2.75, 3.05) is 31.6 Å². The molecule has 1 N–H and O–H groups in total. The second-order valence-electron chi connectivity index (χ2n) is 11.8. The first-order chi connectivity index (χ1) is 20.4. The molecule has 4 unspecified atom stereocenters. The van der Waals surface area contributed by atoms with E-state index in [1.165, 1.54) is 38.9 Å². The number of anilines is 1.